The molecule has 0 bridgehead atoms. The fourth-order valence-corrected chi connectivity index (χ4v) is 2.76. The van der Waals surface area contributed by atoms with E-state index in [1.165, 1.54) is 0 Å². The van der Waals surface area contributed by atoms with Gasteiger partial charge >= 0.3 is 0 Å². The first kappa shape index (κ1) is 15.9. The van der Waals surface area contributed by atoms with Gasteiger partial charge in [0.2, 0.25) is 0 Å². The Morgan fingerprint density at radius 1 is 1.04 bits per heavy atom. The number of hydrogen-bond acceptors (Lipinski definition) is 3. The summed E-state index contributed by atoms with van der Waals surface area (Å²) in [4.78, 5) is 14.8. The second-order valence-electron chi connectivity index (χ2n) is 5.47. The van der Waals surface area contributed by atoms with E-state index in [2.05, 4.69) is 4.98 Å². The van der Waals surface area contributed by atoms with Crippen LogP contribution >= 0.6 is 0 Å². The number of ketones is 1. The number of nitrogens with one attached hydrogen (secondary N) is 1. The molecule has 4 nitrogen and oxygen atoms in total. The minimum Gasteiger partial charge on any atom is -0.493 e. The molecule has 0 unspecified atom stereocenters. The lowest BCUT2D eigenvalue weighted by atomic mass is 10.0. The van der Waals surface area contributed by atoms with Gasteiger partial charge in [-0.05, 0) is 43.3 Å². The predicted octanol–water partition coefficient (Wildman–Crippen LogP) is 4.45. The number of allylic oxidation sites excluding steroid dienone is 1. The van der Waals surface area contributed by atoms with Crippen molar-refractivity contribution in [2.24, 2.45) is 0 Å². The standard InChI is InChI=1S/C20H19NO3/c1-13(22)8-10-16-15-6-4-5-7-17(15)21-20(16)14-9-11-18(23-2)19(12-14)24-3/h4-12,21H,1-3H3/b10-8+. The molecule has 4 heteroatoms. The molecule has 3 rings (SSSR count). The third kappa shape index (κ3) is 2.91. The maximum absolute atomic E-state index is 11.4. The Hall–Kier alpha value is -3.01. The molecule has 0 fully saturated rings. The van der Waals surface area contributed by atoms with Crippen molar-refractivity contribution in [3.63, 3.8) is 0 Å². The van der Waals surface area contributed by atoms with Crippen molar-refractivity contribution >= 4 is 22.8 Å². The van der Waals surface area contributed by atoms with Crippen LogP contribution in [0.3, 0.4) is 0 Å². The number of methoxy groups -OCH3 is 2. The summed E-state index contributed by atoms with van der Waals surface area (Å²) in [6, 6.07) is 13.8. The summed E-state index contributed by atoms with van der Waals surface area (Å²) < 4.78 is 10.7. The summed E-state index contributed by atoms with van der Waals surface area (Å²) in [6.07, 6.45) is 3.44. The van der Waals surface area contributed by atoms with Crippen LogP contribution in [0.5, 0.6) is 11.5 Å². The van der Waals surface area contributed by atoms with Crippen LogP contribution in [0.25, 0.3) is 28.2 Å². The monoisotopic (exact) mass is 321 g/mol. The molecule has 122 valence electrons. The number of carbonyl (C=O) groups excluding carboxylic acids is 1. The zero-order valence-corrected chi connectivity index (χ0v) is 13.9. The third-order valence-electron chi connectivity index (χ3n) is 3.90. The van der Waals surface area contributed by atoms with E-state index in [0.29, 0.717) is 11.5 Å². The van der Waals surface area contributed by atoms with Gasteiger partial charge in [0.1, 0.15) is 0 Å². The van der Waals surface area contributed by atoms with Gasteiger partial charge in [0.15, 0.2) is 17.3 Å². The van der Waals surface area contributed by atoms with E-state index in [-0.39, 0.29) is 5.78 Å². The molecule has 2 aromatic carbocycles. The normalized spacial score (nSPS) is 11.1. The fraction of sp³-hybridized carbons (Fsp3) is 0.150. The lowest BCUT2D eigenvalue weighted by Gasteiger charge is -2.09. The molecule has 0 amide bonds. The largest absolute Gasteiger partial charge is 0.493 e. The molecule has 0 spiro atoms. The molecule has 1 aromatic heterocycles. The van der Waals surface area contributed by atoms with E-state index in [4.69, 9.17) is 9.47 Å². The van der Waals surface area contributed by atoms with Crippen molar-refractivity contribution in [3.05, 3.63) is 54.1 Å². The Morgan fingerprint density at radius 3 is 2.50 bits per heavy atom. The number of para-hydroxylation sites is 1. The Balaban J connectivity index is 2.22. The van der Waals surface area contributed by atoms with E-state index in [1.54, 1.807) is 27.2 Å². The highest BCUT2D eigenvalue weighted by Crippen LogP contribution is 2.36. The second kappa shape index (κ2) is 6.62. The van der Waals surface area contributed by atoms with Crippen molar-refractivity contribution in [1.82, 2.24) is 4.98 Å². The van der Waals surface area contributed by atoms with Gasteiger partial charge in [0, 0.05) is 22.0 Å². The average molecular weight is 321 g/mol. The Labute approximate surface area is 140 Å². The highest BCUT2D eigenvalue weighted by Gasteiger charge is 2.13. The second-order valence-corrected chi connectivity index (χ2v) is 5.47. The quantitative estimate of drug-likeness (QED) is 0.706. The van der Waals surface area contributed by atoms with Gasteiger partial charge in [0.25, 0.3) is 0 Å². The average Bonchev–Trinajstić information content (AvgIpc) is 2.97. The Morgan fingerprint density at radius 2 is 1.79 bits per heavy atom. The molecule has 0 atom stereocenters. The molecule has 0 saturated carbocycles. The molecular formula is C20H19NO3. The number of benzene rings is 2. The van der Waals surface area contributed by atoms with Crippen molar-refractivity contribution in [3.8, 4) is 22.8 Å². The lowest BCUT2D eigenvalue weighted by Crippen LogP contribution is -1.91. The van der Waals surface area contributed by atoms with Gasteiger partial charge in [-0.2, -0.15) is 0 Å². The maximum atomic E-state index is 11.4. The molecule has 3 aromatic rings. The number of aromatic amines is 1. The number of aromatic nitrogens is 1. The van der Waals surface area contributed by atoms with Crippen LogP contribution in [-0.2, 0) is 4.79 Å². The van der Waals surface area contributed by atoms with Crippen LogP contribution in [0.1, 0.15) is 12.5 Å². The van der Waals surface area contributed by atoms with Crippen molar-refractivity contribution < 1.29 is 14.3 Å². The minimum atomic E-state index is 0.0125. The molecule has 1 heterocycles. The first-order chi connectivity index (χ1) is 11.6. The van der Waals surface area contributed by atoms with E-state index >= 15 is 0 Å². The predicted molar refractivity (Wildman–Crippen MR) is 96.6 cm³/mol. The number of carbonyl (C=O) groups is 1. The third-order valence-corrected chi connectivity index (χ3v) is 3.90. The van der Waals surface area contributed by atoms with Crippen molar-refractivity contribution in [1.29, 1.82) is 0 Å². The summed E-state index contributed by atoms with van der Waals surface area (Å²) in [7, 11) is 3.23. The van der Waals surface area contributed by atoms with Gasteiger partial charge in [-0.1, -0.05) is 18.2 Å². The van der Waals surface area contributed by atoms with Gasteiger partial charge < -0.3 is 14.5 Å². The number of fused-ring (bicyclic) bond motifs is 1. The number of H-pyrrole nitrogens is 1. The van der Waals surface area contributed by atoms with Gasteiger partial charge in [-0.25, -0.2) is 0 Å². The molecule has 0 aliphatic carbocycles. The summed E-state index contributed by atoms with van der Waals surface area (Å²) in [5.41, 5.74) is 3.90. The molecule has 0 radical (unpaired) electrons. The topological polar surface area (TPSA) is 51.3 Å². The van der Waals surface area contributed by atoms with E-state index in [1.807, 2.05) is 48.5 Å². The van der Waals surface area contributed by atoms with Crippen LogP contribution in [0.15, 0.2) is 48.5 Å². The zero-order valence-electron chi connectivity index (χ0n) is 13.9. The Bertz CT molecular complexity index is 922. The smallest absolute Gasteiger partial charge is 0.161 e. The van der Waals surface area contributed by atoms with Gasteiger partial charge in [-0.3, -0.25) is 4.79 Å². The Kier molecular flexibility index (Phi) is 4.38. The van der Waals surface area contributed by atoms with Crippen molar-refractivity contribution in [2.75, 3.05) is 14.2 Å². The van der Waals surface area contributed by atoms with Crippen LogP contribution in [0.2, 0.25) is 0 Å². The van der Waals surface area contributed by atoms with Crippen molar-refractivity contribution in [2.45, 2.75) is 6.92 Å². The molecule has 0 saturated heterocycles. The summed E-state index contributed by atoms with van der Waals surface area (Å²) in [5.74, 6) is 1.35. The minimum absolute atomic E-state index is 0.0125. The highest BCUT2D eigenvalue weighted by atomic mass is 16.5. The SMILES string of the molecule is COc1ccc(-c2[nH]c3ccccc3c2/C=C/C(C)=O)cc1OC. The summed E-state index contributed by atoms with van der Waals surface area (Å²) >= 11 is 0. The number of rotatable bonds is 5. The maximum Gasteiger partial charge on any atom is 0.161 e. The summed E-state index contributed by atoms with van der Waals surface area (Å²) in [6.45, 7) is 1.54. The van der Waals surface area contributed by atoms with Crippen LogP contribution in [-0.4, -0.2) is 25.0 Å². The van der Waals surface area contributed by atoms with Gasteiger partial charge in [0.05, 0.1) is 19.9 Å². The van der Waals surface area contributed by atoms with Crippen LogP contribution in [0.4, 0.5) is 0 Å². The first-order valence-electron chi connectivity index (χ1n) is 7.65. The fourth-order valence-electron chi connectivity index (χ4n) is 2.76. The molecule has 0 aliphatic rings. The first-order valence-corrected chi connectivity index (χ1v) is 7.65. The number of hydrogen-bond donors (Lipinski definition) is 1. The molecule has 1 N–H and O–H groups in total. The number of ether oxygens (including phenoxy) is 2. The highest BCUT2D eigenvalue weighted by molar-refractivity contribution is 6.00. The van der Waals surface area contributed by atoms with E-state index in [0.717, 1.165) is 27.7 Å². The zero-order chi connectivity index (χ0) is 17.1. The molecule has 0 aliphatic heterocycles. The molecular weight excluding hydrogens is 302 g/mol. The van der Waals surface area contributed by atoms with Gasteiger partial charge in [-0.15, -0.1) is 0 Å². The summed E-state index contributed by atoms with van der Waals surface area (Å²) in [5, 5.41) is 1.07. The lowest BCUT2D eigenvalue weighted by molar-refractivity contribution is -0.112. The molecule has 24 heavy (non-hydrogen) atoms. The van der Waals surface area contributed by atoms with E-state index in [9.17, 15) is 4.79 Å². The van der Waals surface area contributed by atoms with Crippen LogP contribution < -0.4 is 9.47 Å². The van der Waals surface area contributed by atoms with Crippen LogP contribution in [0, 0.1) is 0 Å². The van der Waals surface area contributed by atoms with E-state index < -0.39 is 0 Å².